The van der Waals surface area contributed by atoms with Crippen molar-refractivity contribution in [2.24, 2.45) is 5.73 Å². The molecule has 1 aliphatic heterocycles. The lowest BCUT2D eigenvalue weighted by molar-refractivity contribution is 0.0712. The zero-order valence-electron chi connectivity index (χ0n) is 12.0. The van der Waals surface area contributed by atoms with Crippen molar-refractivity contribution in [2.75, 3.05) is 13.2 Å². The van der Waals surface area contributed by atoms with E-state index < -0.39 is 5.82 Å². The predicted molar refractivity (Wildman–Crippen MR) is 78.2 cm³/mol. The van der Waals surface area contributed by atoms with Gasteiger partial charge in [0.15, 0.2) is 0 Å². The van der Waals surface area contributed by atoms with Gasteiger partial charge in [-0.3, -0.25) is 4.79 Å². The first kappa shape index (κ1) is 15.5. The van der Waals surface area contributed by atoms with Crippen molar-refractivity contribution in [3.05, 3.63) is 35.1 Å². The molecule has 5 heteroatoms. The number of benzene rings is 1. The zero-order valence-corrected chi connectivity index (χ0v) is 12.0. The molecule has 1 aliphatic rings. The molecular weight excluding hydrogens is 271 g/mol. The van der Waals surface area contributed by atoms with Crippen LogP contribution in [0.15, 0.2) is 18.2 Å². The molecule has 2 atom stereocenters. The van der Waals surface area contributed by atoms with Crippen LogP contribution in [0.1, 0.15) is 35.7 Å². The van der Waals surface area contributed by atoms with Gasteiger partial charge >= 0.3 is 0 Å². The molecule has 112 valence electrons. The number of hydrogen-bond acceptors (Lipinski definition) is 3. The molecule has 1 aromatic carbocycles. The first-order valence-electron chi connectivity index (χ1n) is 7.02. The Balaban J connectivity index is 2.15. The number of rotatable bonds is 3. The Bertz CT molecular complexity index is 571. The molecule has 0 bridgehead atoms. The summed E-state index contributed by atoms with van der Waals surface area (Å²) in [6.07, 6.45) is 1.93. The Morgan fingerprint density at radius 2 is 2.43 bits per heavy atom. The van der Waals surface area contributed by atoms with E-state index in [0.717, 1.165) is 19.4 Å². The number of amides is 1. The molecule has 2 rings (SSSR count). The van der Waals surface area contributed by atoms with Crippen LogP contribution in [0.5, 0.6) is 0 Å². The maximum Gasteiger partial charge on any atom is 0.252 e. The van der Waals surface area contributed by atoms with E-state index >= 15 is 0 Å². The van der Waals surface area contributed by atoms with Crippen LogP contribution >= 0.6 is 0 Å². The molecule has 2 unspecified atom stereocenters. The van der Waals surface area contributed by atoms with Crippen LogP contribution in [-0.2, 0) is 4.74 Å². The molecule has 0 spiro atoms. The second kappa shape index (κ2) is 7.21. The summed E-state index contributed by atoms with van der Waals surface area (Å²) in [5.74, 6) is 4.65. The zero-order chi connectivity index (χ0) is 15.2. The van der Waals surface area contributed by atoms with Crippen molar-refractivity contribution in [2.45, 2.75) is 31.9 Å². The first-order chi connectivity index (χ1) is 10.1. The lowest BCUT2D eigenvalue weighted by atomic mass is 10.0. The highest BCUT2D eigenvalue weighted by Gasteiger charge is 2.24. The molecule has 1 fully saturated rings. The van der Waals surface area contributed by atoms with Crippen LogP contribution < -0.4 is 11.1 Å². The van der Waals surface area contributed by atoms with Gasteiger partial charge in [-0.1, -0.05) is 11.8 Å². The molecule has 1 heterocycles. The van der Waals surface area contributed by atoms with Crippen molar-refractivity contribution >= 4 is 5.91 Å². The third-order valence-electron chi connectivity index (χ3n) is 3.43. The van der Waals surface area contributed by atoms with Crippen molar-refractivity contribution in [1.29, 1.82) is 0 Å². The van der Waals surface area contributed by atoms with E-state index in [0.29, 0.717) is 5.56 Å². The topological polar surface area (TPSA) is 64.4 Å². The minimum atomic E-state index is -0.469. The molecule has 3 N–H and O–H groups in total. The third kappa shape index (κ3) is 4.03. The lowest BCUT2D eigenvalue weighted by Gasteiger charge is -2.20. The van der Waals surface area contributed by atoms with Crippen LogP contribution in [0.4, 0.5) is 4.39 Å². The van der Waals surface area contributed by atoms with Gasteiger partial charge in [0.1, 0.15) is 5.82 Å². The second-order valence-electron chi connectivity index (χ2n) is 5.01. The van der Waals surface area contributed by atoms with Crippen molar-refractivity contribution in [1.82, 2.24) is 5.32 Å². The minimum Gasteiger partial charge on any atom is -0.376 e. The first-order valence-corrected chi connectivity index (χ1v) is 7.02. The third-order valence-corrected chi connectivity index (χ3v) is 3.43. The van der Waals surface area contributed by atoms with E-state index in [2.05, 4.69) is 17.2 Å². The van der Waals surface area contributed by atoms with Crippen LogP contribution in [-0.4, -0.2) is 31.2 Å². The lowest BCUT2D eigenvalue weighted by Crippen LogP contribution is -2.41. The molecular formula is C16H19FN2O2. The number of nitrogens with two attached hydrogens (primary N) is 1. The summed E-state index contributed by atoms with van der Waals surface area (Å²) in [5.41, 5.74) is 6.03. The van der Waals surface area contributed by atoms with Crippen molar-refractivity contribution in [3.63, 3.8) is 0 Å². The van der Waals surface area contributed by atoms with Gasteiger partial charge < -0.3 is 15.8 Å². The van der Waals surface area contributed by atoms with Gasteiger partial charge in [-0.2, -0.15) is 0 Å². The molecule has 21 heavy (non-hydrogen) atoms. The number of nitrogens with one attached hydrogen (secondary N) is 1. The fourth-order valence-electron chi connectivity index (χ4n) is 2.33. The highest BCUT2D eigenvalue weighted by atomic mass is 19.1. The van der Waals surface area contributed by atoms with Gasteiger partial charge in [-0.05, 0) is 38.0 Å². The second-order valence-corrected chi connectivity index (χ2v) is 5.01. The number of carbonyl (C=O) groups excluding carboxylic acids is 1. The standard InChI is InChI=1S/C16H19FN2O2/c1-11(15-5-3-9-21-15)19-16(20)14-10-13(17)7-6-12(14)4-2-8-18/h6-7,10-11,15H,3,5,8-9,18H2,1H3,(H,19,20). The van der Waals surface area contributed by atoms with Crippen LogP contribution in [0.2, 0.25) is 0 Å². The molecule has 0 aliphatic carbocycles. The Hall–Kier alpha value is -1.90. The van der Waals surface area contributed by atoms with E-state index in [1.807, 2.05) is 6.92 Å². The molecule has 1 amide bonds. The summed E-state index contributed by atoms with van der Waals surface area (Å²) in [6, 6.07) is 3.83. The fraction of sp³-hybridized carbons (Fsp3) is 0.438. The molecule has 0 saturated carbocycles. The van der Waals surface area contributed by atoms with Gasteiger partial charge in [0.2, 0.25) is 0 Å². The van der Waals surface area contributed by atoms with Gasteiger partial charge in [0, 0.05) is 12.2 Å². The smallest absolute Gasteiger partial charge is 0.252 e. The predicted octanol–water partition coefficient (Wildman–Crippen LogP) is 1.43. The van der Waals surface area contributed by atoms with Crippen LogP contribution in [0.3, 0.4) is 0 Å². The highest BCUT2D eigenvalue weighted by molar-refractivity contribution is 5.97. The van der Waals surface area contributed by atoms with Crippen LogP contribution in [0, 0.1) is 17.7 Å². The Kier molecular flexibility index (Phi) is 5.32. The summed E-state index contributed by atoms with van der Waals surface area (Å²) in [7, 11) is 0. The average Bonchev–Trinajstić information content (AvgIpc) is 3.00. The van der Waals surface area contributed by atoms with E-state index in [1.165, 1.54) is 18.2 Å². The summed E-state index contributed by atoms with van der Waals surface area (Å²) in [4.78, 5) is 12.3. The quantitative estimate of drug-likeness (QED) is 0.828. The number of carbonyl (C=O) groups is 1. The Labute approximate surface area is 123 Å². The average molecular weight is 290 g/mol. The van der Waals surface area contributed by atoms with E-state index in [4.69, 9.17) is 10.5 Å². The molecule has 4 nitrogen and oxygen atoms in total. The van der Waals surface area contributed by atoms with Crippen molar-refractivity contribution < 1.29 is 13.9 Å². The SMILES string of the molecule is CC(NC(=O)c1cc(F)ccc1C#CCN)C1CCCO1. The van der Waals surface area contributed by atoms with E-state index in [-0.39, 0.29) is 30.2 Å². The Morgan fingerprint density at radius 3 is 3.10 bits per heavy atom. The summed E-state index contributed by atoms with van der Waals surface area (Å²) < 4.78 is 18.9. The number of ether oxygens (including phenoxy) is 1. The fourth-order valence-corrected chi connectivity index (χ4v) is 2.33. The van der Waals surface area contributed by atoms with E-state index in [1.54, 1.807) is 0 Å². The molecule has 0 aromatic heterocycles. The largest absolute Gasteiger partial charge is 0.376 e. The van der Waals surface area contributed by atoms with Gasteiger partial charge in [-0.25, -0.2) is 4.39 Å². The molecule has 0 radical (unpaired) electrons. The van der Waals surface area contributed by atoms with Crippen LogP contribution in [0.25, 0.3) is 0 Å². The van der Waals surface area contributed by atoms with Gasteiger partial charge in [-0.15, -0.1) is 0 Å². The normalized spacial score (nSPS) is 18.7. The van der Waals surface area contributed by atoms with Crippen molar-refractivity contribution in [3.8, 4) is 11.8 Å². The highest BCUT2D eigenvalue weighted by Crippen LogP contribution is 2.17. The maximum absolute atomic E-state index is 13.4. The van der Waals surface area contributed by atoms with Gasteiger partial charge in [0.25, 0.3) is 5.91 Å². The summed E-state index contributed by atoms with van der Waals surface area (Å²) in [5, 5.41) is 2.85. The molecule has 1 aromatic rings. The number of halogens is 1. The monoisotopic (exact) mass is 290 g/mol. The summed E-state index contributed by atoms with van der Waals surface area (Å²) in [6.45, 7) is 2.79. The molecule has 1 saturated heterocycles. The van der Waals surface area contributed by atoms with Gasteiger partial charge in [0.05, 0.1) is 24.3 Å². The Morgan fingerprint density at radius 1 is 1.62 bits per heavy atom. The minimum absolute atomic E-state index is 0.0149. The van der Waals surface area contributed by atoms with E-state index in [9.17, 15) is 9.18 Å². The maximum atomic E-state index is 13.4. The number of hydrogen-bond donors (Lipinski definition) is 2. The summed E-state index contributed by atoms with van der Waals surface area (Å²) >= 11 is 0.